The third-order valence-electron chi connectivity index (χ3n) is 3.64. The Balaban J connectivity index is 1.95. The lowest BCUT2D eigenvalue weighted by Crippen LogP contribution is -2.54. The van der Waals surface area contributed by atoms with Crippen LogP contribution in [0, 0.1) is 0 Å². The Bertz CT molecular complexity index is 547. The molecule has 0 radical (unpaired) electrons. The number of amides is 1. The highest BCUT2D eigenvalue weighted by Crippen LogP contribution is 2.20. The van der Waals surface area contributed by atoms with Crippen LogP contribution in [0.1, 0.15) is 33.4 Å². The molecule has 0 unspecified atom stereocenters. The van der Waals surface area contributed by atoms with Crippen LogP contribution in [0.3, 0.4) is 0 Å². The zero-order chi connectivity index (χ0) is 17.0. The molecule has 128 valence electrons. The van der Waals surface area contributed by atoms with E-state index in [1.807, 2.05) is 31.9 Å². The number of hydrogen-bond donors (Lipinski definition) is 0. The Morgan fingerprint density at radius 2 is 2.04 bits per heavy atom. The summed E-state index contributed by atoms with van der Waals surface area (Å²) in [6, 6.07) is 0.119. The predicted octanol–water partition coefficient (Wildman–Crippen LogP) is 2.64. The topological polar surface area (TPSA) is 58.6 Å². The van der Waals surface area contributed by atoms with E-state index in [0.717, 1.165) is 30.4 Å². The lowest BCUT2D eigenvalue weighted by molar-refractivity contribution is 0.000329. The molecule has 1 amide bonds. The molecule has 2 rings (SSSR count). The first-order valence-electron chi connectivity index (χ1n) is 7.86. The van der Waals surface area contributed by atoms with Crippen molar-refractivity contribution in [3.8, 4) is 0 Å². The van der Waals surface area contributed by atoms with Crippen molar-refractivity contribution in [2.75, 3.05) is 25.9 Å². The van der Waals surface area contributed by atoms with Gasteiger partial charge in [-0.15, -0.1) is 11.8 Å². The summed E-state index contributed by atoms with van der Waals surface area (Å²) in [6.45, 7) is 10.8. The van der Waals surface area contributed by atoms with E-state index in [0.29, 0.717) is 6.54 Å². The average Bonchev–Trinajstić information content (AvgIpc) is 2.46. The molecule has 7 heteroatoms. The maximum absolute atomic E-state index is 12.2. The monoisotopic (exact) mass is 338 g/mol. The summed E-state index contributed by atoms with van der Waals surface area (Å²) < 4.78 is 5.48. The SMILES string of the molecule is CSc1nccnc1CN1CCN(C(=O)OC(C)(C)C)[C@@H](C)C1. The van der Waals surface area contributed by atoms with Crippen molar-refractivity contribution >= 4 is 17.9 Å². The standard InChI is InChI=1S/C16H26N4O2S/c1-12-10-19(11-13-14(23-5)18-7-6-17-13)8-9-20(12)15(21)22-16(2,3)4/h6-7,12H,8-11H2,1-5H3/t12-/m0/s1. The van der Waals surface area contributed by atoms with Crippen LogP contribution in [-0.4, -0.2) is 63.4 Å². The van der Waals surface area contributed by atoms with Crippen LogP contribution >= 0.6 is 11.8 Å². The highest BCUT2D eigenvalue weighted by atomic mass is 32.2. The van der Waals surface area contributed by atoms with Gasteiger partial charge in [0.25, 0.3) is 0 Å². The second-order valence-corrected chi connectivity index (χ2v) is 7.57. The molecule has 1 atom stereocenters. The number of aromatic nitrogens is 2. The number of thioether (sulfide) groups is 1. The average molecular weight is 338 g/mol. The number of carbonyl (C=O) groups excluding carboxylic acids is 1. The highest BCUT2D eigenvalue weighted by Gasteiger charge is 2.31. The minimum absolute atomic E-state index is 0.119. The van der Waals surface area contributed by atoms with Crippen molar-refractivity contribution in [3.05, 3.63) is 18.1 Å². The Kier molecular flexibility index (Phi) is 5.86. The molecule has 6 nitrogen and oxygen atoms in total. The number of nitrogens with zero attached hydrogens (tertiary/aromatic N) is 4. The zero-order valence-electron chi connectivity index (χ0n) is 14.6. The molecule has 23 heavy (non-hydrogen) atoms. The van der Waals surface area contributed by atoms with Crippen LogP contribution in [-0.2, 0) is 11.3 Å². The molecule has 1 aliphatic rings. The van der Waals surface area contributed by atoms with E-state index >= 15 is 0 Å². The van der Waals surface area contributed by atoms with Crippen LogP contribution in [0.2, 0.25) is 0 Å². The lowest BCUT2D eigenvalue weighted by Gasteiger charge is -2.40. The molecule has 0 spiro atoms. The summed E-state index contributed by atoms with van der Waals surface area (Å²) >= 11 is 1.61. The van der Waals surface area contributed by atoms with Gasteiger partial charge in [0.05, 0.1) is 5.69 Å². The van der Waals surface area contributed by atoms with Crippen LogP contribution in [0.25, 0.3) is 0 Å². The number of piperazine rings is 1. The molecule has 1 aliphatic heterocycles. The van der Waals surface area contributed by atoms with Gasteiger partial charge in [0.2, 0.25) is 0 Å². The second-order valence-electron chi connectivity index (χ2n) is 6.77. The molecular weight excluding hydrogens is 312 g/mol. The summed E-state index contributed by atoms with van der Waals surface area (Å²) in [4.78, 5) is 25.2. The quantitative estimate of drug-likeness (QED) is 0.790. The van der Waals surface area contributed by atoms with Crippen molar-refractivity contribution < 1.29 is 9.53 Å². The van der Waals surface area contributed by atoms with E-state index in [1.54, 1.807) is 24.2 Å². The normalized spacial score (nSPS) is 19.7. The van der Waals surface area contributed by atoms with Crippen LogP contribution in [0.4, 0.5) is 4.79 Å². The third-order valence-corrected chi connectivity index (χ3v) is 4.37. The van der Waals surface area contributed by atoms with E-state index in [-0.39, 0.29) is 12.1 Å². The Morgan fingerprint density at radius 1 is 1.35 bits per heavy atom. The van der Waals surface area contributed by atoms with E-state index < -0.39 is 5.60 Å². The largest absolute Gasteiger partial charge is 0.444 e. The first kappa shape index (κ1) is 18.0. The van der Waals surface area contributed by atoms with Gasteiger partial charge >= 0.3 is 6.09 Å². The van der Waals surface area contributed by atoms with Gasteiger partial charge < -0.3 is 9.64 Å². The van der Waals surface area contributed by atoms with Gasteiger partial charge in [-0.05, 0) is 34.0 Å². The van der Waals surface area contributed by atoms with Crippen molar-refractivity contribution in [2.45, 2.75) is 50.9 Å². The molecule has 1 aromatic heterocycles. The number of ether oxygens (including phenoxy) is 1. The van der Waals surface area contributed by atoms with Crippen molar-refractivity contribution in [2.24, 2.45) is 0 Å². The van der Waals surface area contributed by atoms with Gasteiger partial charge in [-0.1, -0.05) is 0 Å². The van der Waals surface area contributed by atoms with E-state index in [9.17, 15) is 4.79 Å². The molecule has 1 fully saturated rings. The van der Waals surface area contributed by atoms with Gasteiger partial charge in [0.1, 0.15) is 10.6 Å². The molecule has 2 heterocycles. The van der Waals surface area contributed by atoms with Crippen LogP contribution in [0.5, 0.6) is 0 Å². The maximum atomic E-state index is 12.2. The molecule has 1 saturated heterocycles. The summed E-state index contributed by atoms with van der Waals surface area (Å²) in [7, 11) is 0. The van der Waals surface area contributed by atoms with E-state index in [1.165, 1.54) is 0 Å². The van der Waals surface area contributed by atoms with Crippen molar-refractivity contribution in [1.82, 2.24) is 19.8 Å². The van der Waals surface area contributed by atoms with Crippen LogP contribution < -0.4 is 0 Å². The summed E-state index contributed by atoms with van der Waals surface area (Å²) in [5.74, 6) is 0. The van der Waals surface area contributed by atoms with Gasteiger partial charge in [-0.25, -0.2) is 9.78 Å². The Morgan fingerprint density at radius 3 is 2.65 bits per heavy atom. The fourth-order valence-electron chi connectivity index (χ4n) is 2.61. The summed E-state index contributed by atoms with van der Waals surface area (Å²) in [6.07, 6.45) is 5.23. The van der Waals surface area contributed by atoms with Gasteiger partial charge in [-0.3, -0.25) is 9.88 Å². The smallest absolute Gasteiger partial charge is 0.410 e. The maximum Gasteiger partial charge on any atom is 0.410 e. The lowest BCUT2D eigenvalue weighted by atomic mass is 10.2. The Labute approximate surface area is 142 Å². The first-order valence-corrected chi connectivity index (χ1v) is 9.08. The number of carbonyl (C=O) groups is 1. The van der Waals surface area contributed by atoms with E-state index in [4.69, 9.17) is 4.74 Å². The second kappa shape index (κ2) is 7.49. The molecule has 0 aromatic carbocycles. The molecule has 0 bridgehead atoms. The number of rotatable bonds is 3. The van der Waals surface area contributed by atoms with Crippen molar-refractivity contribution in [1.29, 1.82) is 0 Å². The van der Waals surface area contributed by atoms with Gasteiger partial charge in [0, 0.05) is 44.6 Å². The number of hydrogen-bond acceptors (Lipinski definition) is 6. The minimum atomic E-state index is -0.458. The minimum Gasteiger partial charge on any atom is -0.444 e. The summed E-state index contributed by atoms with van der Waals surface area (Å²) in [5.41, 5.74) is 0.541. The molecule has 0 saturated carbocycles. The van der Waals surface area contributed by atoms with E-state index in [2.05, 4.69) is 21.8 Å². The van der Waals surface area contributed by atoms with Gasteiger partial charge in [0.15, 0.2) is 0 Å². The Hall–Kier alpha value is -1.34. The molecule has 1 aromatic rings. The fraction of sp³-hybridized carbons (Fsp3) is 0.688. The molecule has 0 aliphatic carbocycles. The highest BCUT2D eigenvalue weighted by molar-refractivity contribution is 7.98. The molecular formula is C16H26N4O2S. The summed E-state index contributed by atoms with van der Waals surface area (Å²) in [5, 5.41) is 0.967. The van der Waals surface area contributed by atoms with Crippen LogP contribution in [0.15, 0.2) is 17.4 Å². The van der Waals surface area contributed by atoms with Gasteiger partial charge in [-0.2, -0.15) is 0 Å². The molecule has 0 N–H and O–H groups in total. The third kappa shape index (κ3) is 5.07. The zero-order valence-corrected chi connectivity index (χ0v) is 15.4. The fourth-order valence-corrected chi connectivity index (χ4v) is 3.13. The first-order chi connectivity index (χ1) is 10.8. The predicted molar refractivity (Wildman–Crippen MR) is 91.5 cm³/mol. The van der Waals surface area contributed by atoms with Crippen molar-refractivity contribution in [3.63, 3.8) is 0 Å².